The SMILES string of the molecule is CCNC(=NCc1ccc(NC(=O)OC)cc1)NC1CC=CC1. The molecule has 124 valence electrons. The monoisotopic (exact) mass is 316 g/mol. The second-order valence-corrected chi connectivity index (χ2v) is 5.29. The highest BCUT2D eigenvalue weighted by molar-refractivity contribution is 5.84. The number of methoxy groups -OCH3 is 1. The first-order valence-corrected chi connectivity index (χ1v) is 7.85. The van der Waals surface area contributed by atoms with Gasteiger partial charge in [-0.25, -0.2) is 9.79 Å². The largest absolute Gasteiger partial charge is 0.453 e. The van der Waals surface area contributed by atoms with Crippen molar-refractivity contribution < 1.29 is 9.53 Å². The lowest BCUT2D eigenvalue weighted by Gasteiger charge is -2.16. The summed E-state index contributed by atoms with van der Waals surface area (Å²) >= 11 is 0. The van der Waals surface area contributed by atoms with Crippen molar-refractivity contribution in [3.05, 3.63) is 42.0 Å². The molecule has 1 aromatic rings. The van der Waals surface area contributed by atoms with Crippen LogP contribution in [0.25, 0.3) is 0 Å². The molecule has 0 atom stereocenters. The third-order valence-corrected chi connectivity index (χ3v) is 3.50. The van der Waals surface area contributed by atoms with Crippen LogP contribution >= 0.6 is 0 Å². The molecule has 3 N–H and O–H groups in total. The number of guanidine groups is 1. The molecule has 23 heavy (non-hydrogen) atoms. The molecule has 1 amide bonds. The van der Waals surface area contributed by atoms with E-state index in [4.69, 9.17) is 0 Å². The second kappa shape index (κ2) is 8.82. The van der Waals surface area contributed by atoms with Crippen molar-refractivity contribution in [3.63, 3.8) is 0 Å². The molecule has 1 aliphatic carbocycles. The zero-order valence-electron chi connectivity index (χ0n) is 13.6. The maximum atomic E-state index is 11.1. The topological polar surface area (TPSA) is 74.8 Å². The van der Waals surface area contributed by atoms with Crippen LogP contribution in [0.1, 0.15) is 25.3 Å². The fourth-order valence-corrected chi connectivity index (χ4v) is 2.28. The van der Waals surface area contributed by atoms with E-state index in [0.717, 1.165) is 30.9 Å². The fourth-order valence-electron chi connectivity index (χ4n) is 2.28. The highest BCUT2D eigenvalue weighted by atomic mass is 16.5. The number of nitrogens with one attached hydrogen (secondary N) is 3. The van der Waals surface area contributed by atoms with Crippen LogP contribution in [-0.4, -0.2) is 31.7 Å². The van der Waals surface area contributed by atoms with Gasteiger partial charge in [0, 0.05) is 18.3 Å². The molecule has 2 rings (SSSR count). The van der Waals surface area contributed by atoms with Crippen molar-refractivity contribution in [1.29, 1.82) is 0 Å². The van der Waals surface area contributed by atoms with Gasteiger partial charge in [0.05, 0.1) is 13.7 Å². The van der Waals surface area contributed by atoms with Gasteiger partial charge in [0.2, 0.25) is 0 Å². The summed E-state index contributed by atoms with van der Waals surface area (Å²) in [5.74, 6) is 0.831. The van der Waals surface area contributed by atoms with E-state index in [1.165, 1.54) is 7.11 Å². The van der Waals surface area contributed by atoms with Crippen molar-refractivity contribution in [2.75, 3.05) is 19.0 Å². The lowest BCUT2D eigenvalue weighted by atomic mass is 10.2. The van der Waals surface area contributed by atoms with Crippen LogP contribution in [0, 0.1) is 0 Å². The number of benzene rings is 1. The summed E-state index contributed by atoms with van der Waals surface area (Å²) in [6, 6.07) is 7.98. The smallest absolute Gasteiger partial charge is 0.411 e. The Morgan fingerprint density at radius 1 is 1.26 bits per heavy atom. The predicted molar refractivity (Wildman–Crippen MR) is 92.6 cm³/mol. The first kappa shape index (κ1) is 16.9. The molecule has 0 bridgehead atoms. The van der Waals surface area contributed by atoms with E-state index in [0.29, 0.717) is 18.3 Å². The van der Waals surface area contributed by atoms with Gasteiger partial charge < -0.3 is 15.4 Å². The van der Waals surface area contributed by atoms with E-state index in [-0.39, 0.29) is 0 Å². The van der Waals surface area contributed by atoms with Gasteiger partial charge in [-0.2, -0.15) is 0 Å². The van der Waals surface area contributed by atoms with Crippen LogP contribution in [0.5, 0.6) is 0 Å². The summed E-state index contributed by atoms with van der Waals surface area (Å²) in [5.41, 5.74) is 1.77. The number of ether oxygens (including phenoxy) is 1. The Kier molecular flexibility index (Phi) is 6.47. The number of hydrogen-bond donors (Lipinski definition) is 3. The fraction of sp³-hybridized carbons (Fsp3) is 0.412. The third kappa shape index (κ3) is 5.65. The van der Waals surface area contributed by atoms with Gasteiger partial charge in [-0.1, -0.05) is 24.3 Å². The molecular formula is C17H24N4O2. The molecule has 0 spiro atoms. The maximum absolute atomic E-state index is 11.1. The Hall–Kier alpha value is -2.50. The zero-order valence-corrected chi connectivity index (χ0v) is 13.6. The Labute approximate surface area is 137 Å². The number of rotatable bonds is 5. The molecule has 6 nitrogen and oxygen atoms in total. The van der Waals surface area contributed by atoms with Crippen molar-refractivity contribution in [3.8, 4) is 0 Å². The summed E-state index contributed by atoms with van der Waals surface area (Å²) in [6.45, 7) is 3.46. The van der Waals surface area contributed by atoms with Crippen LogP contribution in [0.4, 0.5) is 10.5 Å². The third-order valence-electron chi connectivity index (χ3n) is 3.50. The average Bonchev–Trinajstić information content (AvgIpc) is 3.07. The lowest BCUT2D eigenvalue weighted by molar-refractivity contribution is 0.187. The molecule has 0 aromatic heterocycles. The standard InChI is InChI=1S/C17H24N4O2/c1-3-18-16(20-14-6-4-5-7-14)19-12-13-8-10-15(11-9-13)21-17(22)23-2/h4-5,8-11,14H,3,6-7,12H2,1-2H3,(H,21,22)(H2,18,19,20). The van der Waals surface area contributed by atoms with Crippen LogP contribution in [0.3, 0.4) is 0 Å². The number of hydrogen-bond acceptors (Lipinski definition) is 3. The quantitative estimate of drug-likeness (QED) is 0.443. The summed E-state index contributed by atoms with van der Waals surface area (Å²) in [6.07, 6.45) is 5.98. The summed E-state index contributed by atoms with van der Waals surface area (Å²) in [7, 11) is 1.34. The van der Waals surface area contributed by atoms with Crippen LogP contribution in [-0.2, 0) is 11.3 Å². The molecule has 0 radical (unpaired) electrons. The Morgan fingerprint density at radius 2 is 1.96 bits per heavy atom. The predicted octanol–water partition coefficient (Wildman–Crippen LogP) is 2.64. The molecule has 0 saturated heterocycles. The van der Waals surface area contributed by atoms with Crippen molar-refractivity contribution in [1.82, 2.24) is 10.6 Å². The van der Waals surface area contributed by atoms with E-state index in [2.05, 4.69) is 44.8 Å². The molecule has 1 aromatic carbocycles. The van der Waals surface area contributed by atoms with E-state index in [9.17, 15) is 4.79 Å². The molecule has 0 heterocycles. The van der Waals surface area contributed by atoms with E-state index < -0.39 is 6.09 Å². The van der Waals surface area contributed by atoms with Gasteiger partial charge in [-0.05, 0) is 37.5 Å². The second-order valence-electron chi connectivity index (χ2n) is 5.29. The van der Waals surface area contributed by atoms with Gasteiger partial charge in [-0.3, -0.25) is 5.32 Å². The molecular weight excluding hydrogens is 292 g/mol. The molecule has 6 heteroatoms. The van der Waals surface area contributed by atoms with Crippen molar-refractivity contribution in [2.24, 2.45) is 4.99 Å². The van der Waals surface area contributed by atoms with Gasteiger partial charge in [0.25, 0.3) is 0 Å². The van der Waals surface area contributed by atoms with E-state index in [1.807, 2.05) is 24.3 Å². The van der Waals surface area contributed by atoms with Crippen LogP contribution in [0.2, 0.25) is 0 Å². The Balaban J connectivity index is 1.91. The number of anilines is 1. The molecule has 0 unspecified atom stereocenters. The lowest BCUT2D eigenvalue weighted by Crippen LogP contribution is -2.42. The summed E-state index contributed by atoms with van der Waals surface area (Å²) in [4.78, 5) is 15.7. The molecule has 1 aliphatic rings. The van der Waals surface area contributed by atoms with Crippen molar-refractivity contribution in [2.45, 2.75) is 32.4 Å². The van der Waals surface area contributed by atoms with Crippen LogP contribution in [0.15, 0.2) is 41.4 Å². The van der Waals surface area contributed by atoms with E-state index in [1.54, 1.807) is 0 Å². The molecule has 0 aliphatic heterocycles. The van der Waals surface area contributed by atoms with Gasteiger partial charge >= 0.3 is 6.09 Å². The first-order chi connectivity index (χ1) is 11.2. The number of nitrogens with zero attached hydrogens (tertiary/aromatic N) is 1. The Bertz CT molecular complexity index is 558. The van der Waals surface area contributed by atoms with E-state index >= 15 is 0 Å². The zero-order chi connectivity index (χ0) is 16.5. The minimum Gasteiger partial charge on any atom is -0.453 e. The number of aliphatic imine (C=N–C) groups is 1. The number of amides is 1. The van der Waals surface area contributed by atoms with Gasteiger partial charge in [0.1, 0.15) is 0 Å². The highest BCUT2D eigenvalue weighted by Crippen LogP contribution is 2.11. The highest BCUT2D eigenvalue weighted by Gasteiger charge is 2.11. The minimum absolute atomic E-state index is 0.430. The molecule has 0 fully saturated rings. The van der Waals surface area contributed by atoms with Crippen molar-refractivity contribution >= 4 is 17.7 Å². The first-order valence-electron chi connectivity index (χ1n) is 7.85. The molecule has 0 saturated carbocycles. The maximum Gasteiger partial charge on any atom is 0.411 e. The normalized spacial score (nSPS) is 14.6. The average molecular weight is 316 g/mol. The minimum atomic E-state index is -0.473. The van der Waals surface area contributed by atoms with Gasteiger partial charge in [0.15, 0.2) is 5.96 Å². The summed E-state index contributed by atoms with van der Waals surface area (Å²) in [5, 5.41) is 9.32. The van der Waals surface area contributed by atoms with Crippen LogP contribution < -0.4 is 16.0 Å². The summed E-state index contributed by atoms with van der Waals surface area (Å²) < 4.78 is 4.56. The number of carbonyl (C=O) groups excluding carboxylic acids is 1. The van der Waals surface area contributed by atoms with Gasteiger partial charge in [-0.15, -0.1) is 0 Å². The number of carbonyl (C=O) groups is 1. The Morgan fingerprint density at radius 3 is 2.57 bits per heavy atom.